The molecule has 0 saturated heterocycles. The Morgan fingerprint density at radius 2 is 1.67 bits per heavy atom. The fourth-order valence-corrected chi connectivity index (χ4v) is 2.46. The molecule has 0 spiro atoms. The first-order valence-electron chi connectivity index (χ1n) is 8.05. The first-order chi connectivity index (χ1) is 11.6. The quantitative estimate of drug-likeness (QED) is 0.838. The normalized spacial score (nSPS) is 13.4. The van der Waals surface area contributed by atoms with Crippen molar-refractivity contribution in [2.75, 3.05) is 5.32 Å². The minimum absolute atomic E-state index is 0.0554. The summed E-state index contributed by atoms with van der Waals surface area (Å²) in [7, 11) is 0. The van der Waals surface area contributed by atoms with Crippen LogP contribution in [0.15, 0.2) is 48.5 Å². The second-order valence-electron chi connectivity index (χ2n) is 6.00. The van der Waals surface area contributed by atoms with E-state index in [4.69, 9.17) is 11.6 Å². The van der Waals surface area contributed by atoms with Crippen molar-refractivity contribution in [1.82, 2.24) is 5.32 Å². The van der Waals surface area contributed by atoms with Crippen molar-refractivity contribution in [1.29, 1.82) is 0 Å². The highest BCUT2D eigenvalue weighted by atomic mass is 35.5. The third kappa shape index (κ3) is 4.83. The summed E-state index contributed by atoms with van der Waals surface area (Å²) < 4.78 is 0. The number of nitrogens with one attached hydrogen (secondary N) is 2. The number of benzene rings is 2. The summed E-state index contributed by atoms with van der Waals surface area (Å²) >= 11 is 5.84. The van der Waals surface area contributed by atoms with E-state index in [0.29, 0.717) is 35.2 Å². The van der Waals surface area contributed by atoms with E-state index in [9.17, 15) is 9.59 Å². The average molecular weight is 343 g/mol. The first-order valence-corrected chi connectivity index (χ1v) is 8.43. The van der Waals surface area contributed by atoms with E-state index in [1.165, 1.54) is 0 Å². The number of rotatable bonds is 6. The SMILES string of the molecule is O=C(CCc1ccc(Cl)cc1)Nc1ccc(C(=O)NC2CC2)cc1. The van der Waals surface area contributed by atoms with Crippen LogP contribution in [0, 0.1) is 0 Å². The van der Waals surface area contributed by atoms with Crippen molar-refractivity contribution in [2.24, 2.45) is 0 Å². The van der Waals surface area contributed by atoms with E-state index in [-0.39, 0.29) is 11.8 Å². The van der Waals surface area contributed by atoms with Crippen LogP contribution in [0.1, 0.15) is 35.2 Å². The van der Waals surface area contributed by atoms with Gasteiger partial charge < -0.3 is 10.6 Å². The van der Waals surface area contributed by atoms with Crippen LogP contribution in [0.5, 0.6) is 0 Å². The molecule has 1 aliphatic rings. The first kappa shape index (κ1) is 16.5. The standard InChI is InChI=1S/C19H19ClN2O2/c20-15-6-1-13(2-7-15)3-12-18(23)21-16-8-4-14(5-9-16)19(24)22-17-10-11-17/h1-2,4-9,17H,3,10-12H2,(H,21,23)(H,22,24). The smallest absolute Gasteiger partial charge is 0.251 e. The Labute approximate surface area is 146 Å². The molecule has 0 aromatic heterocycles. The van der Waals surface area contributed by atoms with Crippen LogP contribution < -0.4 is 10.6 Å². The highest BCUT2D eigenvalue weighted by Gasteiger charge is 2.23. The number of anilines is 1. The van der Waals surface area contributed by atoms with Gasteiger partial charge in [0.15, 0.2) is 0 Å². The molecule has 3 rings (SSSR count). The Bertz CT molecular complexity index is 722. The van der Waals surface area contributed by atoms with Crippen molar-refractivity contribution in [3.8, 4) is 0 Å². The number of halogens is 1. The van der Waals surface area contributed by atoms with Gasteiger partial charge in [-0.3, -0.25) is 9.59 Å². The monoisotopic (exact) mass is 342 g/mol. The minimum atomic E-state index is -0.0573. The molecule has 24 heavy (non-hydrogen) atoms. The molecule has 2 aromatic carbocycles. The highest BCUT2D eigenvalue weighted by molar-refractivity contribution is 6.30. The molecule has 1 aliphatic carbocycles. The lowest BCUT2D eigenvalue weighted by Gasteiger charge is -2.07. The molecule has 5 heteroatoms. The lowest BCUT2D eigenvalue weighted by molar-refractivity contribution is -0.116. The van der Waals surface area contributed by atoms with E-state index >= 15 is 0 Å². The van der Waals surface area contributed by atoms with Gasteiger partial charge in [-0.15, -0.1) is 0 Å². The Kier molecular flexibility index (Phi) is 5.16. The molecular formula is C19H19ClN2O2. The fraction of sp³-hybridized carbons (Fsp3) is 0.263. The van der Waals surface area contributed by atoms with Crippen molar-refractivity contribution in [3.05, 3.63) is 64.7 Å². The summed E-state index contributed by atoms with van der Waals surface area (Å²) in [6.07, 6.45) is 3.18. The summed E-state index contributed by atoms with van der Waals surface area (Å²) in [6, 6.07) is 14.8. The lowest BCUT2D eigenvalue weighted by atomic mass is 10.1. The van der Waals surface area contributed by atoms with Crippen LogP contribution >= 0.6 is 11.6 Å². The summed E-state index contributed by atoms with van der Waals surface area (Å²) in [5, 5.41) is 6.47. The summed E-state index contributed by atoms with van der Waals surface area (Å²) in [4.78, 5) is 23.9. The number of aryl methyl sites for hydroxylation is 1. The molecule has 0 aliphatic heterocycles. The zero-order chi connectivity index (χ0) is 16.9. The second-order valence-corrected chi connectivity index (χ2v) is 6.44. The number of amides is 2. The van der Waals surface area contributed by atoms with Gasteiger partial charge in [-0.2, -0.15) is 0 Å². The molecular weight excluding hydrogens is 324 g/mol. The van der Waals surface area contributed by atoms with Crippen molar-refractivity contribution in [3.63, 3.8) is 0 Å². The molecule has 4 nitrogen and oxygen atoms in total. The number of carbonyl (C=O) groups is 2. The van der Waals surface area contributed by atoms with Crippen LogP contribution in [-0.4, -0.2) is 17.9 Å². The van der Waals surface area contributed by atoms with Crippen molar-refractivity contribution >= 4 is 29.1 Å². The lowest BCUT2D eigenvalue weighted by Crippen LogP contribution is -2.25. The third-order valence-electron chi connectivity index (χ3n) is 3.90. The molecule has 2 aromatic rings. The summed E-state index contributed by atoms with van der Waals surface area (Å²) in [5.41, 5.74) is 2.38. The maximum Gasteiger partial charge on any atom is 0.251 e. The van der Waals surface area contributed by atoms with E-state index < -0.39 is 0 Å². The van der Waals surface area contributed by atoms with Gasteiger partial charge in [-0.1, -0.05) is 23.7 Å². The minimum Gasteiger partial charge on any atom is -0.349 e. The van der Waals surface area contributed by atoms with Gasteiger partial charge in [-0.05, 0) is 61.2 Å². The van der Waals surface area contributed by atoms with Crippen molar-refractivity contribution < 1.29 is 9.59 Å². The maximum atomic E-state index is 12.0. The molecule has 2 amide bonds. The van der Waals surface area contributed by atoms with Crippen LogP contribution in [0.25, 0.3) is 0 Å². The second kappa shape index (κ2) is 7.49. The van der Waals surface area contributed by atoms with Crippen LogP contribution in [0.3, 0.4) is 0 Å². The molecule has 0 bridgehead atoms. The molecule has 1 fully saturated rings. The van der Waals surface area contributed by atoms with Gasteiger partial charge in [-0.25, -0.2) is 0 Å². The van der Waals surface area contributed by atoms with E-state index in [0.717, 1.165) is 18.4 Å². The third-order valence-corrected chi connectivity index (χ3v) is 4.15. The van der Waals surface area contributed by atoms with Gasteiger partial charge in [0, 0.05) is 28.7 Å². The Morgan fingerprint density at radius 1 is 1.00 bits per heavy atom. The van der Waals surface area contributed by atoms with E-state index in [1.807, 2.05) is 24.3 Å². The number of carbonyl (C=O) groups excluding carboxylic acids is 2. The molecule has 2 N–H and O–H groups in total. The van der Waals surface area contributed by atoms with Crippen molar-refractivity contribution in [2.45, 2.75) is 31.7 Å². The van der Waals surface area contributed by atoms with Crippen LogP contribution in [-0.2, 0) is 11.2 Å². The zero-order valence-corrected chi connectivity index (χ0v) is 14.0. The highest BCUT2D eigenvalue weighted by Crippen LogP contribution is 2.19. The van der Waals surface area contributed by atoms with Gasteiger partial charge in [0.1, 0.15) is 0 Å². The van der Waals surface area contributed by atoms with Gasteiger partial charge in [0.05, 0.1) is 0 Å². The molecule has 1 saturated carbocycles. The van der Waals surface area contributed by atoms with E-state index in [1.54, 1.807) is 24.3 Å². The van der Waals surface area contributed by atoms with Gasteiger partial charge >= 0.3 is 0 Å². The summed E-state index contributed by atoms with van der Waals surface area (Å²) in [5.74, 6) is -0.113. The van der Waals surface area contributed by atoms with Crippen LogP contribution in [0.4, 0.5) is 5.69 Å². The number of hydrogen-bond acceptors (Lipinski definition) is 2. The van der Waals surface area contributed by atoms with E-state index in [2.05, 4.69) is 10.6 Å². The number of hydrogen-bond donors (Lipinski definition) is 2. The Balaban J connectivity index is 1.48. The maximum absolute atomic E-state index is 12.0. The predicted octanol–water partition coefficient (Wildman–Crippen LogP) is 3.80. The molecule has 124 valence electrons. The summed E-state index contributed by atoms with van der Waals surface area (Å²) in [6.45, 7) is 0. The largest absolute Gasteiger partial charge is 0.349 e. The molecule has 0 unspecified atom stereocenters. The van der Waals surface area contributed by atoms with Crippen LogP contribution in [0.2, 0.25) is 5.02 Å². The topological polar surface area (TPSA) is 58.2 Å². The molecule has 0 radical (unpaired) electrons. The molecule has 0 heterocycles. The van der Waals surface area contributed by atoms with Gasteiger partial charge in [0.25, 0.3) is 5.91 Å². The Morgan fingerprint density at radius 3 is 2.29 bits per heavy atom. The zero-order valence-electron chi connectivity index (χ0n) is 13.2. The fourth-order valence-electron chi connectivity index (χ4n) is 2.33. The molecule has 0 atom stereocenters. The van der Waals surface area contributed by atoms with Gasteiger partial charge in [0.2, 0.25) is 5.91 Å². The Hall–Kier alpha value is -2.33. The predicted molar refractivity (Wildman–Crippen MR) is 95.3 cm³/mol. The average Bonchev–Trinajstić information content (AvgIpc) is 3.39.